The van der Waals surface area contributed by atoms with Crippen LogP contribution >= 0.6 is 0 Å². The number of Topliss-reactive ketones (excluding diaryl/α,β-unsaturated/α-hetero) is 1. The topological polar surface area (TPSA) is 118 Å². The van der Waals surface area contributed by atoms with Crippen LogP contribution in [0, 0.1) is 28.4 Å². The molecule has 3 rings (SSSR count). The Kier molecular flexibility index (Phi) is 5.97. The predicted molar refractivity (Wildman–Crippen MR) is 107 cm³/mol. The summed E-state index contributed by atoms with van der Waals surface area (Å²) in [5, 5.41) is 21.6. The van der Waals surface area contributed by atoms with Crippen LogP contribution in [-0.4, -0.2) is 29.4 Å². The van der Waals surface area contributed by atoms with Crippen LogP contribution in [0.25, 0.3) is 17.0 Å². The molecule has 1 heterocycles. The Morgan fingerprint density at radius 2 is 2.06 bits per heavy atom. The number of allylic oxidation sites excluding steroid dienone is 1. The number of nitrogens with one attached hydrogen (secondary N) is 1. The fourth-order valence-corrected chi connectivity index (χ4v) is 3.18. The Bertz CT molecular complexity index is 1260. The summed E-state index contributed by atoms with van der Waals surface area (Å²) in [5.74, 6) is -1.41. The van der Waals surface area contributed by atoms with E-state index >= 15 is 0 Å². The van der Waals surface area contributed by atoms with E-state index in [1.54, 1.807) is 25.1 Å². The molecule has 0 fully saturated rings. The largest absolute Gasteiger partial charge is 0.493 e. The number of nitro benzene ring substituents is 1. The van der Waals surface area contributed by atoms with Gasteiger partial charge in [0.2, 0.25) is 5.78 Å². The molecule has 0 atom stereocenters. The number of H-pyrrole nitrogens is 1. The SMILES string of the molecule is COc1cc(C=C(C#N)C(=O)c2c[nH]c3cccc(C)c23)c([N+](=O)[O-])cc1OC(F)F. The third-order valence-electron chi connectivity index (χ3n) is 4.55. The van der Waals surface area contributed by atoms with E-state index in [4.69, 9.17) is 4.74 Å². The van der Waals surface area contributed by atoms with Crippen LogP contribution in [0.4, 0.5) is 14.5 Å². The molecule has 10 heteroatoms. The summed E-state index contributed by atoms with van der Waals surface area (Å²) in [6, 6.07) is 8.95. The van der Waals surface area contributed by atoms with Gasteiger partial charge in [0.05, 0.1) is 23.7 Å². The minimum absolute atomic E-state index is 0.176. The van der Waals surface area contributed by atoms with E-state index in [9.17, 15) is 29.0 Å². The molecule has 0 aliphatic carbocycles. The summed E-state index contributed by atoms with van der Waals surface area (Å²) in [6.45, 7) is -1.42. The van der Waals surface area contributed by atoms with Crippen molar-refractivity contribution < 1.29 is 28.0 Å². The van der Waals surface area contributed by atoms with Crippen molar-refractivity contribution in [2.75, 3.05) is 7.11 Å². The summed E-state index contributed by atoms with van der Waals surface area (Å²) in [4.78, 5) is 26.6. The summed E-state index contributed by atoms with van der Waals surface area (Å²) < 4.78 is 34.4. The average molecular weight is 427 g/mol. The number of rotatable bonds is 7. The van der Waals surface area contributed by atoms with Crippen LogP contribution in [0.2, 0.25) is 0 Å². The van der Waals surface area contributed by atoms with Gasteiger partial charge in [-0.3, -0.25) is 14.9 Å². The Morgan fingerprint density at radius 3 is 2.68 bits per heavy atom. The van der Waals surface area contributed by atoms with Gasteiger partial charge in [0.25, 0.3) is 5.69 Å². The second kappa shape index (κ2) is 8.62. The maximum absolute atomic E-state index is 13.0. The van der Waals surface area contributed by atoms with Crippen molar-refractivity contribution in [2.45, 2.75) is 13.5 Å². The first-order valence-corrected chi connectivity index (χ1v) is 8.81. The highest BCUT2D eigenvalue weighted by Crippen LogP contribution is 2.37. The Balaban J connectivity index is 2.14. The molecule has 0 saturated heterocycles. The van der Waals surface area contributed by atoms with Crippen LogP contribution in [-0.2, 0) is 0 Å². The first kappa shape index (κ1) is 21.4. The van der Waals surface area contributed by atoms with Crippen LogP contribution < -0.4 is 9.47 Å². The van der Waals surface area contributed by atoms with Crippen molar-refractivity contribution >= 4 is 28.4 Å². The van der Waals surface area contributed by atoms with Crippen molar-refractivity contribution in [3.8, 4) is 17.6 Å². The first-order chi connectivity index (χ1) is 14.8. The zero-order valence-electron chi connectivity index (χ0n) is 16.3. The van der Waals surface area contributed by atoms with E-state index in [1.807, 2.05) is 6.07 Å². The minimum atomic E-state index is -3.23. The Labute approximate surface area is 174 Å². The fourth-order valence-electron chi connectivity index (χ4n) is 3.18. The monoisotopic (exact) mass is 427 g/mol. The lowest BCUT2D eigenvalue weighted by molar-refractivity contribution is -0.385. The van der Waals surface area contributed by atoms with Gasteiger partial charge in [-0.1, -0.05) is 12.1 Å². The number of ether oxygens (including phenoxy) is 2. The second-order valence-electron chi connectivity index (χ2n) is 6.40. The number of nitro groups is 1. The lowest BCUT2D eigenvalue weighted by atomic mass is 9.98. The highest BCUT2D eigenvalue weighted by atomic mass is 19.3. The molecular weight excluding hydrogens is 412 g/mol. The van der Waals surface area contributed by atoms with E-state index in [0.717, 1.165) is 30.9 Å². The summed E-state index contributed by atoms with van der Waals surface area (Å²) in [6.07, 6.45) is 2.48. The van der Waals surface area contributed by atoms with Gasteiger partial charge in [-0.25, -0.2) is 0 Å². The summed E-state index contributed by atoms with van der Waals surface area (Å²) in [5.41, 5.74) is 0.546. The Hall–Kier alpha value is -4.26. The third kappa shape index (κ3) is 4.20. The second-order valence-corrected chi connectivity index (χ2v) is 6.40. The number of nitriles is 1. The fraction of sp³-hybridized carbons (Fsp3) is 0.143. The van der Waals surface area contributed by atoms with Crippen molar-refractivity contribution in [1.29, 1.82) is 5.26 Å². The molecule has 1 N–H and O–H groups in total. The smallest absolute Gasteiger partial charge is 0.387 e. The third-order valence-corrected chi connectivity index (χ3v) is 4.55. The molecule has 0 bridgehead atoms. The molecule has 0 unspecified atom stereocenters. The van der Waals surface area contributed by atoms with Gasteiger partial charge in [0.1, 0.15) is 11.6 Å². The number of aryl methyl sites for hydroxylation is 1. The molecule has 0 saturated carbocycles. The lowest BCUT2D eigenvalue weighted by Gasteiger charge is -2.11. The number of methoxy groups -OCH3 is 1. The van der Waals surface area contributed by atoms with Gasteiger partial charge in [0, 0.05) is 22.7 Å². The standard InChI is InChI=1S/C21H15F2N3O5/c1-11-4-3-5-15-19(11)14(10-25-15)20(27)13(9-24)6-12-7-17(30-2)18(31-21(22)23)8-16(12)26(28)29/h3-8,10,21,25H,1-2H3. The molecule has 0 aliphatic rings. The van der Waals surface area contributed by atoms with Crippen LogP contribution in [0.3, 0.4) is 0 Å². The number of benzene rings is 2. The molecule has 0 amide bonds. The molecule has 0 radical (unpaired) electrons. The van der Waals surface area contributed by atoms with Crippen LogP contribution in [0.1, 0.15) is 21.5 Å². The molecule has 0 spiro atoms. The van der Waals surface area contributed by atoms with Gasteiger partial charge in [-0.2, -0.15) is 14.0 Å². The highest BCUT2D eigenvalue weighted by molar-refractivity contribution is 6.20. The number of alkyl halides is 2. The highest BCUT2D eigenvalue weighted by Gasteiger charge is 2.23. The Morgan fingerprint density at radius 1 is 1.32 bits per heavy atom. The maximum atomic E-state index is 13.0. The molecule has 0 aliphatic heterocycles. The first-order valence-electron chi connectivity index (χ1n) is 8.81. The molecular formula is C21H15F2N3O5. The normalized spacial score (nSPS) is 11.4. The number of nitrogens with zero attached hydrogens (tertiary/aromatic N) is 2. The summed E-state index contributed by atoms with van der Waals surface area (Å²) >= 11 is 0. The van der Waals surface area contributed by atoms with Crippen LogP contribution in [0.5, 0.6) is 11.5 Å². The molecule has 158 valence electrons. The number of fused-ring (bicyclic) bond motifs is 1. The maximum Gasteiger partial charge on any atom is 0.387 e. The molecule has 31 heavy (non-hydrogen) atoms. The zero-order chi connectivity index (χ0) is 22.7. The summed E-state index contributed by atoms with van der Waals surface area (Å²) in [7, 11) is 1.16. The number of ketones is 1. The van der Waals surface area contributed by atoms with Gasteiger partial charge in [-0.05, 0) is 30.7 Å². The quantitative estimate of drug-likeness (QED) is 0.190. The van der Waals surface area contributed by atoms with Gasteiger partial charge < -0.3 is 14.5 Å². The molecule has 1 aromatic heterocycles. The number of halogens is 2. The average Bonchev–Trinajstić information content (AvgIpc) is 3.17. The van der Waals surface area contributed by atoms with Crippen molar-refractivity contribution in [3.63, 3.8) is 0 Å². The number of carbonyl (C=O) groups excluding carboxylic acids is 1. The minimum Gasteiger partial charge on any atom is -0.493 e. The number of hydrogen-bond acceptors (Lipinski definition) is 6. The van der Waals surface area contributed by atoms with E-state index in [1.165, 1.54) is 6.20 Å². The molecule has 2 aromatic carbocycles. The molecule has 3 aromatic rings. The van der Waals surface area contributed by atoms with Gasteiger partial charge in [-0.15, -0.1) is 0 Å². The van der Waals surface area contributed by atoms with E-state index in [-0.39, 0.29) is 22.4 Å². The number of aromatic nitrogens is 1. The van der Waals surface area contributed by atoms with Crippen molar-refractivity contribution in [3.05, 3.63) is 68.9 Å². The van der Waals surface area contributed by atoms with E-state index < -0.39 is 28.8 Å². The molecule has 8 nitrogen and oxygen atoms in total. The van der Waals surface area contributed by atoms with Crippen LogP contribution in [0.15, 0.2) is 42.1 Å². The van der Waals surface area contributed by atoms with Crippen molar-refractivity contribution in [1.82, 2.24) is 4.98 Å². The lowest BCUT2D eigenvalue weighted by Crippen LogP contribution is -2.06. The van der Waals surface area contributed by atoms with Gasteiger partial charge in [0.15, 0.2) is 11.5 Å². The van der Waals surface area contributed by atoms with Crippen molar-refractivity contribution in [2.24, 2.45) is 0 Å². The van der Waals surface area contributed by atoms with E-state index in [0.29, 0.717) is 10.9 Å². The predicted octanol–water partition coefficient (Wildman–Crippen LogP) is 4.78. The zero-order valence-corrected chi connectivity index (χ0v) is 16.3. The van der Waals surface area contributed by atoms with E-state index in [2.05, 4.69) is 9.72 Å². The number of carbonyl (C=O) groups is 1. The number of aromatic amines is 1. The van der Waals surface area contributed by atoms with Gasteiger partial charge >= 0.3 is 6.61 Å². The number of hydrogen-bond donors (Lipinski definition) is 1.